The topological polar surface area (TPSA) is 60.2 Å². The molecule has 2 aromatic rings. The number of aliphatic hydroxyl groups excluding tert-OH is 1. The second-order valence-corrected chi connectivity index (χ2v) is 3.69. The summed E-state index contributed by atoms with van der Waals surface area (Å²) in [6, 6.07) is 1.98. The minimum atomic E-state index is 0.0672. The molecule has 16 heavy (non-hydrogen) atoms. The standard InChI is InChI=1S/C11H15N3O2/c1-8-5-9-11(12-6-8)14(3-4-15)10(13-9)7-16-2/h5-6,15H,3-4,7H2,1-2H3. The van der Waals surface area contributed by atoms with Crippen LogP contribution in [0.5, 0.6) is 0 Å². The third-order valence-electron chi connectivity index (χ3n) is 2.40. The van der Waals surface area contributed by atoms with Gasteiger partial charge in [-0.3, -0.25) is 0 Å². The van der Waals surface area contributed by atoms with Crippen molar-refractivity contribution in [3.8, 4) is 0 Å². The highest BCUT2D eigenvalue weighted by Crippen LogP contribution is 2.15. The van der Waals surface area contributed by atoms with E-state index in [-0.39, 0.29) is 6.61 Å². The van der Waals surface area contributed by atoms with Crippen LogP contribution in [0.3, 0.4) is 0 Å². The lowest BCUT2D eigenvalue weighted by molar-refractivity contribution is 0.172. The molecule has 0 radical (unpaired) electrons. The minimum absolute atomic E-state index is 0.0672. The molecule has 5 nitrogen and oxygen atoms in total. The lowest BCUT2D eigenvalue weighted by Gasteiger charge is -2.05. The van der Waals surface area contributed by atoms with Gasteiger partial charge in [0.15, 0.2) is 5.65 Å². The van der Waals surface area contributed by atoms with Gasteiger partial charge in [0.1, 0.15) is 17.9 Å². The molecule has 0 saturated heterocycles. The number of pyridine rings is 1. The first-order valence-electron chi connectivity index (χ1n) is 5.18. The molecule has 0 bridgehead atoms. The van der Waals surface area contributed by atoms with Crippen LogP contribution in [0.2, 0.25) is 0 Å². The van der Waals surface area contributed by atoms with E-state index in [0.29, 0.717) is 13.2 Å². The van der Waals surface area contributed by atoms with Gasteiger partial charge in [0.25, 0.3) is 0 Å². The molecule has 0 fully saturated rings. The summed E-state index contributed by atoms with van der Waals surface area (Å²) in [5.74, 6) is 0.796. The Morgan fingerprint density at radius 3 is 3.00 bits per heavy atom. The number of hydrogen-bond acceptors (Lipinski definition) is 4. The van der Waals surface area contributed by atoms with E-state index in [2.05, 4.69) is 9.97 Å². The van der Waals surface area contributed by atoms with E-state index in [4.69, 9.17) is 9.84 Å². The highest BCUT2D eigenvalue weighted by molar-refractivity contribution is 5.72. The van der Waals surface area contributed by atoms with Gasteiger partial charge in [-0.15, -0.1) is 0 Å². The molecule has 0 amide bonds. The number of nitrogens with zero attached hydrogens (tertiary/aromatic N) is 3. The lowest BCUT2D eigenvalue weighted by atomic mass is 10.3. The van der Waals surface area contributed by atoms with E-state index in [0.717, 1.165) is 22.6 Å². The molecule has 0 unspecified atom stereocenters. The van der Waals surface area contributed by atoms with E-state index in [1.165, 1.54) is 0 Å². The summed E-state index contributed by atoms with van der Waals surface area (Å²) in [5.41, 5.74) is 2.72. The van der Waals surface area contributed by atoms with Crippen molar-refractivity contribution in [3.63, 3.8) is 0 Å². The molecule has 0 aliphatic carbocycles. The number of imidazole rings is 1. The van der Waals surface area contributed by atoms with Crippen molar-refractivity contribution in [2.75, 3.05) is 13.7 Å². The Bertz CT molecular complexity index is 493. The fraction of sp³-hybridized carbons (Fsp3) is 0.455. The fourth-order valence-corrected chi connectivity index (χ4v) is 1.73. The molecule has 2 rings (SSSR count). The zero-order chi connectivity index (χ0) is 11.5. The van der Waals surface area contributed by atoms with Crippen LogP contribution in [0.1, 0.15) is 11.4 Å². The fourth-order valence-electron chi connectivity index (χ4n) is 1.73. The molecular weight excluding hydrogens is 206 g/mol. The normalized spacial score (nSPS) is 11.2. The Kier molecular flexibility index (Phi) is 3.17. The Morgan fingerprint density at radius 2 is 2.31 bits per heavy atom. The van der Waals surface area contributed by atoms with Crippen LogP contribution in [-0.2, 0) is 17.9 Å². The summed E-state index contributed by atoms with van der Waals surface area (Å²) in [7, 11) is 1.63. The van der Waals surface area contributed by atoms with Crippen LogP contribution < -0.4 is 0 Å². The van der Waals surface area contributed by atoms with Gasteiger partial charge in [0, 0.05) is 19.9 Å². The summed E-state index contributed by atoms with van der Waals surface area (Å²) in [4.78, 5) is 8.78. The number of methoxy groups -OCH3 is 1. The molecule has 1 N–H and O–H groups in total. The van der Waals surface area contributed by atoms with Crippen molar-refractivity contribution in [3.05, 3.63) is 23.7 Å². The SMILES string of the molecule is COCc1nc2cc(C)cnc2n1CCO. The van der Waals surface area contributed by atoms with Crippen molar-refractivity contribution < 1.29 is 9.84 Å². The maximum Gasteiger partial charge on any atom is 0.160 e. The first-order chi connectivity index (χ1) is 7.76. The van der Waals surface area contributed by atoms with E-state index in [9.17, 15) is 0 Å². The maximum atomic E-state index is 9.03. The Balaban J connectivity index is 2.56. The van der Waals surface area contributed by atoms with Crippen molar-refractivity contribution in [2.24, 2.45) is 0 Å². The van der Waals surface area contributed by atoms with E-state index in [1.807, 2.05) is 17.6 Å². The molecule has 0 saturated carbocycles. The molecule has 0 aromatic carbocycles. The van der Waals surface area contributed by atoms with Crippen LogP contribution in [0.15, 0.2) is 12.3 Å². The average molecular weight is 221 g/mol. The third kappa shape index (κ3) is 1.91. The first kappa shape index (κ1) is 11.0. The van der Waals surface area contributed by atoms with E-state index >= 15 is 0 Å². The zero-order valence-corrected chi connectivity index (χ0v) is 9.47. The van der Waals surface area contributed by atoms with Gasteiger partial charge in [-0.25, -0.2) is 9.97 Å². The number of fused-ring (bicyclic) bond motifs is 1. The van der Waals surface area contributed by atoms with Gasteiger partial charge in [0.05, 0.1) is 6.61 Å². The molecule has 2 heterocycles. The van der Waals surface area contributed by atoms with Crippen LogP contribution >= 0.6 is 0 Å². The highest BCUT2D eigenvalue weighted by Gasteiger charge is 2.11. The molecule has 0 aliphatic heterocycles. The van der Waals surface area contributed by atoms with Gasteiger partial charge in [-0.1, -0.05) is 0 Å². The van der Waals surface area contributed by atoms with Crippen molar-refractivity contribution in [1.82, 2.24) is 14.5 Å². The zero-order valence-electron chi connectivity index (χ0n) is 9.47. The van der Waals surface area contributed by atoms with Crippen LogP contribution in [0.4, 0.5) is 0 Å². The van der Waals surface area contributed by atoms with Crippen molar-refractivity contribution >= 4 is 11.2 Å². The smallest absolute Gasteiger partial charge is 0.160 e. The molecule has 0 spiro atoms. The van der Waals surface area contributed by atoms with Crippen molar-refractivity contribution in [2.45, 2.75) is 20.1 Å². The largest absolute Gasteiger partial charge is 0.395 e. The number of ether oxygens (including phenoxy) is 1. The monoisotopic (exact) mass is 221 g/mol. The van der Waals surface area contributed by atoms with Gasteiger partial charge in [-0.2, -0.15) is 0 Å². The third-order valence-corrected chi connectivity index (χ3v) is 2.40. The van der Waals surface area contributed by atoms with Gasteiger partial charge in [-0.05, 0) is 18.6 Å². The molecule has 86 valence electrons. The van der Waals surface area contributed by atoms with Crippen molar-refractivity contribution in [1.29, 1.82) is 0 Å². The summed E-state index contributed by atoms with van der Waals surface area (Å²) in [6.07, 6.45) is 1.80. The Morgan fingerprint density at radius 1 is 1.50 bits per heavy atom. The highest BCUT2D eigenvalue weighted by atomic mass is 16.5. The number of aliphatic hydroxyl groups is 1. The van der Waals surface area contributed by atoms with Gasteiger partial charge >= 0.3 is 0 Å². The minimum Gasteiger partial charge on any atom is -0.395 e. The number of hydrogen-bond donors (Lipinski definition) is 1. The summed E-state index contributed by atoms with van der Waals surface area (Å²) < 4.78 is 6.97. The van der Waals surface area contributed by atoms with Gasteiger partial charge in [0.2, 0.25) is 0 Å². The molecule has 0 atom stereocenters. The lowest BCUT2D eigenvalue weighted by Crippen LogP contribution is -2.08. The Labute approximate surface area is 93.7 Å². The molecule has 0 aliphatic rings. The summed E-state index contributed by atoms with van der Waals surface area (Å²) in [6.45, 7) is 2.96. The van der Waals surface area contributed by atoms with E-state index < -0.39 is 0 Å². The molecule has 5 heteroatoms. The average Bonchev–Trinajstić information content (AvgIpc) is 2.57. The molecular formula is C11H15N3O2. The first-order valence-corrected chi connectivity index (χ1v) is 5.18. The van der Waals surface area contributed by atoms with E-state index in [1.54, 1.807) is 13.3 Å². The predicted molar refractivity (Wildman–Crippen MR) is 60.1 cm³/mol. The van der Waals surface area contributed by atoms with Crippen LogP contribution in [0, 0.1) is 6.92 Å². The number of rotatable bonds is 4. The summed E-state index contributed by atoms with van der Waals surface area (Å²) in [5, 5.41) is 9.03. The quantitative estimate of drug-likeness (QED) is 0.832. The van der Waals surface area contributed by atoms with Crippen LogP contribution in [0.25, 0.3) is 11.2 Å². The molecule has 2 aromatic heterocycles. The number of aryl methyl sites for hydroxylation is 1. The predicted octanol–water partition coefficient (Wildman–Crippen LogP) is 0.878. The summed E-state index contributed by atoms with van der Waals surface area (Å²) >= 11 is 0. The second-order valence-electron chi connectivity index (χ2n) is 3.69. The van der Waals surface area contributed by atoms with Crippen LogP contribution in [-0.4, -0.2) is 33.4 Å². The maximum absolute atomic E-state index is 9.03. The van der Waals surface area contributed by atoms with Gasteiger partial charge < -0.3 is 14.4 Å². The Hall–Kier alpha value is -1.46. The number of aromatic nitrogens is 3. The second kappa shape index (κ2) is 4.59.